The fourth-order valence-electron chi connectivity index (χ4n) is 5.63. The first-order chi connectivity index (χ1) is 13.7. The lowest BCUT2D eigenvalue weighted by Crippen LogP contribution is -2.41. The molecule has 28 heavy (non-hydrogen) atoms. The molecule has 0 bridgehead atoms. The summed E-state index contributed by atoms with van der Waals surface area (Å²) in [5, 5.41) is 4.68. The van der Waals surface area contributed by atoms with E-state index in [1.807, 2.05) is 12.4 Å². The summed E-state index contributed by atoms with van der Waals surface area (Å²) in [5.41, 5.74) is 6.88. The molecule has 0 aromatic carbocycles. The molecular weight excluding hydrogens is 346 g/mol. The predicted octanol–water partition coefficient (Wildman–Crippen LogP) is 4.09. The summed E-state index contributed by atoms with van der Waals surface area (Å²) in [5.74, 6) is 1.76. The Morgan fingerprint density at radius 2 is 1.93 bits per heavy atom. The molecule has 6 rings (SSSR count). The van der Waals surface area contributed by atoms with Crippen LogP contribution in [0.1, 0.15) is 60.7 Å². The molecule has 2 aliphatic carbocycles. The Morgan fingerprint density at radius 3 is 2.68 bits per heavy atom. The highest BCUT2D eigenvalue weighted by atomic mass is 15.3. The van der Waals surface area contributed by atoms with E-state index in [0.29, 0.717) is 11.3 Å². The van der Waals surface area contributed by atoms with E-state index >= 15 is 0 Å². The normalized spacial score (nSPS) is 21.2. The van der Waals surface area contributed by atoms with E-state index in [2.05, 4.69) is 44.6 Å². The largest absolute Gasteiger partial charge is 0.355 e. The molecule has 1 aliphatic heterocycles. The topological polar surface area (TPSA) is 46.3 Å². The maximum Gasteiger partial charge on any atom is 0.155 e. The van der Waals surface area contributed by atoms with Crippen LogP contribution in [0.3, 0.4) is 0 Å². The maximum atomic E-state index is 5.11. The molecule has 3 aromatic heterocycles. The number of nitrogens with zero attached hydrogens (tertiary/aromatic N) is 5. The van der Waals surface area contributed by atoms with E-state index in [-0.39, 0.29) is 0 Å². The van der Waals surface area contributed by atoms with Crippen molar-refractivity contribution in [2.24, 2.45) is 5.41 Å². The molecule has 1 saturated carbocycles. The number of aromatic nitrogens is 4. The van der Waals surface area contributed by atoms with Gasteiger partial charge in [0.25, 0.3) is 0 Å². The fourth-order valence-corrected chi connectivity index (χ4v) is 5.63. The smallest absolute Gasteiger partial charge is 0.155 e. The summed E-state index contributed by atoms with van der Waals surface area (Å²) in [4.78, 5) is 12.2. The Morgan fingerprint density at radius 1 is 1.07 bits per heavy atom. The van der Waals surface area contributed by atoms with Crippen LogP contribution in [-0.2, 0) is 12.8 Å². The average Bonchev–Trinajstić information content (AvgIpc) is 3.27. The molecular formula is C23H27N5. The number of aryl methyl sites for hydroxylation is 1. The summed E-state index contributed by atoms with van der Waals surface area (Å²) in [6.07, 6.45) is 12.5. The van der Waals surface area contributed by atoms with Crippen LogP contribution in [0.15, 0.2) is 30.6 Å². The lowest BCUT2D eigenvalue weighted by Gasteiger charge is -2.40. The minimum Gasteiger partial charge on any atom is -0.355 e. The number of rotatable bonds is 2. The van der Waals surface area contributed by atoms with Crippen LogP contribution < -0.4 is 4.90 Å². The fraction of sp³-hybridized carbons (Fsp3) is 0.522. The molecule has 0 N–H and O–H groups in total. The van der Waals surface area contributed by atoms with Crippen molar-refractivity contribution < 1.29 is 0 Å². The zero-order valence-electron chi connectivity index (χ0n) is 16.6. The van der Waals surface area contributed by atoms with Gasteiger partial charge in [0.05, 0.1) is 17.6 Å². The monoisotopic (exact) mass is 373 g/mol. The third kappa shape index (κ3) is 2.41. The van der Waals surface area contributed by atoms with Gasteiger partial charge in [-0.15, -0.1) is 0 Å². The summed E-state index contributed by atoms with van der Waals surface area (Å²) in [6, 6.07) is 6.49. The number of anilines is 1. The molecule has 144 valence electrons. The Bertz CT molecular complexity index is 1010. The molecule has 0 atom stereocenters. The molecule has 0 amide bonds. The van der Waals surface area contributed by atoms with Gasteiger partial charge >= 0.3 is 0 Å². The Kier molecular flexibility index (Phi) is 3.56. The first-order valence-corrected chi connectivity index (χ1v) is 10.7. The molecule has 1 saturated heterocycles. The van der Waals surface area contributed by atoms with Gasteiger partial charge in [0.15, 0.2) is 5.82 Å². The van der Waals surface area contributed by atoms with Crippen molar-refractivity contribution in [1.82, 2.24) is 19.6 Å². The second-order valence-electron chi connectivity index (χ2n) is 9.11. The summed E-state index contributed by atoms with van der Waals surface area (Å²) < 4.78 is 2.18. The van der Waals surface area contributed by atoms with Crippen LogP contribution >= 0.6 is 0 Å². The summed E-state index contributed by atoms with van der Waals surface area (Å²) >= 11 is 0. The van der Waals surface area contributed by atoms with Crippen LogP contribution in [0.25, 0.3) is 5.52 Å². The van der Waals surface area contributed by atoms with E-state index in [4.69, 9.17) is 4.98 Å². The van der Waals surface area contributed by atoms with Crippen LogP contribution in [0.4, 0.5) is 5.82 Å². The lowest BCUT2D eigenvalue weighted by molar-refractivity contribution is 0.231. The summed E-state index contributed by atoms with van der Waals surface area (Å²) in [7, 11) is 0. The van der Waals surface area contributed by atoms with Gasteiger partial charge in [-0.05, 0) is 68.6 Å². The van der Waals surface area contributed by atoms with E-state index in [0.717, 1.165) is 31.0 Å². The first-order valence-electron chi connectivity index (χ1n) is 10.7. The SMILES string of the molecule is Cc1nc(N2CCC3(CC2)Cc2cccnc2C3)c2ccnn2c1C1CCC1. The third-order valence-electron chi connectivity index (χ3n) is 7.45. The Balaban J connectivity index is 1.28. The number of piperidine rings is 1. The second-order valence-corrected chi connectivity index (χ2v) is 9.11. The van der Waals surface area contributed by atoms with Crippen molar-refractivity contribution >= 4 is 11.3 Å². The number of hydrogen-bond acceptors (Lipinski definition) is 4. The van der Waals surface area contributed by atoms with Gasteiger partial charge in [0, 0.05) is 30.9 Å². The van der Waals surface area contributed by atoms with E-state index in [1.165, 1.54) is 61.0 Å². The zero-order valence-corrected chi connectivity index (χ0v) is 16.6. The van der Waals surface area contributed by atoms with Gasteiger partial charge in [-0.3, -0.25) is 4.98 Å². The van der Waals surface area contributed by atoms with Crippen LogP contribution in [0.5, 0.6) is 0 Å². The minimum atomic E-state index is 0.407. The van der Waals surface area contributed by atoms with Crippen LogP contribution in [0.2, 0.25) is 0 Å². The average molecular weight is 374 g/mol. The standard InChI is InChI=1S/C23H27N5/c1-16-21(17-4-2-5-17)28-20(7-11-25-28)22(26-16)27-12-8-23(9-13-27)14-18-6-3-10-24-19(18)15-23/h3,6-7,10-11,17H,2,4-5,8-9,12-15H2,1H3. The lowest BCUT2D eigenvalue weighted by atomic mass is 9.76. The van der Waals surface area contributed by atoms with E-state index < -0.39 is 0 Å². The van der Waals surface area contributed by atoms with Crippen molar-refractivity contribution in [2.45, 2.75) is 57.8 Å². The van der Waals surface area contributed by atoms with Gasteiger partial charge in [-0.1, -0.05) is 12.5 Å². The zero-order chi connectivity index (χ0) is 18.7. The molecule has 2 fully saturated rings. The van der Waals surface area contributed by atoms with Gasteiger partial charge in [0.2, 0.25) is 0 Å². The maximum absolute atomic E-state index is 5.11. The van der Waals surface area contributed by atoms with Crippen molar-refractivity contribution in [3.8, 4) is 0 Å². The highest BCUT2D eigenvalue weighted by Crippen LogP contribution is 2.45. The molecule has 4 heterocycles. The van der Waals surface area contributed by atoms with Gasteiger partial charge in [0.1, 0.15) is 5.52 Å². The third-order valence-corrected chi connectivity index (χ3v) is 7.45. The van der Waals surface area contributed by atoms with Crippen molar-refractivity contribution in [1.29, 1.82) is 0 Å². The van der Waals surface area contributed by atoms with Crippen molar-refractivity contribution in [2.75, 3.05) is 18.0 Å². The van der Waals surface area contributed by atoms with Crippen molar-refractivity contribution in [3.63, 3.8) is 0 Å². The second kappa shape index (κ2) is 6.03. The molecule has 5 heteroatoms. The minimum absolute atomic E-state index is 0.407. The quantitative estimate of drug-likeness (QED) is 0.679. The molecule has 3 aliphatic rings. The van der Waals surface area contributed by atoms with E-state index in [1.54, 1.807) is 0 Å². The molecule has 0 radical (unpaired) electrons. The summed E-state index contributed by atoms with van der Waals surface area (Å²) in [6.45, 7) is 4.32. The van der Waals surface area contributed by atoms with E-state index in [9.17, 15) is 0 Å². The van der Waals surface area contributed by atoms with Gasteiger partial charge in [-0.2, -0.15) is 5.10 Å². The molecule has 5 nitrogen and oxygen atoms in total. The molecule has 3 aromatic rings. The first kappa shape index (κ1) is 16.5. The van der Waals surface area contributed by atoms with Crippen LogP contribution in [0, 0.1) is 12.3 Å². The van der Waals surface area contributed by atoms with Crippen LogP contribution in [-0.4, -0.2) is 32.7 Å². The number of fused-ring (bicyclic) bond motifs is 2. The number of hydrogen-bond donors (Lipinski definition) is 0. The van der Waals surface area contributed by atoms with Gasteiger partial charge in [-0.25, -0.2) is 9.50 Å². The molecule has 1 spiro atoms. The molecule has 0 unspecified atom stereocenters. The Labute approximate surface area is 165 Å². The van der Waals surface area contributed by atoms with Gasteiger partial charge < -0.3 is 4.90 Å². The highest BCUT2D eigenvalue weighted by molar-refractivity contribution is 5.70. The Hall–Kier alpha value is -2.43. The highest BCUT2D eigenvalue weighted by Gasteiger charge is 2.41. The predicted molar refractivity (Wildman–Crippen MR) is 110 cm³/mol. The van der Waals surface area contributed by atoms with Crippen molar-refractivity contribution in [3.05, 3.63) is 53.2 Å². The number of pyridine rings is 1.